The lowest BCUT2D eigenvalue weighted by molar-refractivity contribution is -0.115. The van der Waals surface area contributed by atoms with E-state index in [1.54, 1.807) is 72.8 Å². The number of thioether (sulfide) groups is 1. The van der Waals surface area contributed by atoms with Gasteiger partial charge in [-0.25, -0.2) is 0 Å². The second-order valence-electron chi connectivity index (χ2n) is 9.44. The monoisotopic (exact) mass is 594 g/mol. The van der Waals surface area contributed by atoms with Gasteiger partial charge < -0.3 is 20.9 Å². The number of hydrogen-bond donors (Lipinski definition) is 4. The highest BCUT2D eigenvalue weighted by Crippen LogP contribution is 2.27. The van der Waals surface area contributed by atoms with Crippen molar-refractivity contribution in [2.75, 3.05) is 10.6 Å². The minimum atomic E-state index is -0.507. The Kier molecular flexibility index (Phi) is 9.06. The van der Waals surface area contributed by atoms with Crippen LogP contribution in [0.2, 0.25) is 5.02 Å². The highest BCUT2D eigenvalue weighted by atomic mass is 35.5. The van der Waals surface area contributed by atoms with E-state index in [-0.39, 0.29) is 11.6 Å². The topological polar surface area (TPSA) is 103 Å². The number of halogens is 1. The van der Waals surface area contributed by atoms with Gasteiger partial charge in [0.15, 0.2) is 0 Å². The number of aromatic nitrogens is 1. The van der Waals surface area contributed by atoms with Crippen molar-refractivity contribution in [3.63, 3.8) is 0 Å². The highest BCUT2D eigenvalue weighted by Gasteiger charge is 2.18. The number of anilines is 2. The SMILES string of the molecule is CC(Sc1cccc(NC(=O)/C(=C/c2cccc(Cl)c2)NC(=O)c2ccccc2)c1)C(=O)Nc1ccc2cc[nH]c2c1. The molecular weight excluding hydrogens is 568 g/mol. The van der Waals surface area contributed by atoms with Crippen LogP contribution >= 0.6 is 23.4 Å². The molecule has 0 bridgehead atoms. The van der Waals surface area contributed by atoms with Gasteiger partial charge in [0, 0.05) is 38.6 Å². The van der Waals surface area contributed by atoms with Gasteiger partial charge in [-0.3, -0.25) is 14.4 Å². The first kappa shape index (κ1) is 28.7. The fourth-order valence-electron chi connectivity index (χ4n) is 4.18. The van der Waals surface area contributed by atoms with E-state index in [9.17, 15) is 14.4 Å². The Morgan fingerprint density at radius 1 is 0.833 bits per heavy atom. The maximum Gasteiger partial charge on any atom is 0.272 e. The summed E-state index contributed by atoms with van der Waals surface area (Å²) in [5.74, 6) is -1.07. The minimum Gasteiger partial charge on any atom is -0.361 e. The first-order valence-corrected chi connectivity index (χ1v) is 14.4. The number of nitrogens with one attached hydrogen (secondary N) is 4. The number of aromatic amines is 1. The van der Waals surface area contributed by atoms with Crippen molar-refractivity contribution in [3.8, 4) is 0 Å². The molecule has 0 aliphatic rings. The van der Waals surface area contributed by atoms with E-state index in [1.807, 2.05) is 49.5 Å². The number of hydrogen-bond acceptors (Lipinski definition) is 4. The number of benzene rings is 4. The van der Waals surface area contributed by atoms with E-state index in [2.05, 4.69) is 20.9 Å². The first-order chi connectivity index (χ1) is 20.3. The number of fused-ring (bicyclic) bond motifs is 1. The van der Waals surface area contributed by atoms with Crippen molar-refractivity contribution in [1.82, 2.24) is 10.3 Å². The molecule has 0 radical (unpaired) electrons. The maximum absolute atomic E-state index is 13.4. The van der Waals surface area contributed by atoms with Crippen LogP contribution in [0.5, 0.6) is 0 Å². The van der Waals surface area contributed by atoms with Gasteiger partial charge in [0.2, 0.25) is 5.91 Å². The summed E-state index contributed by atoms with van der Waals surface area (Å²) in [6, 6.07) is 30.5. The van der Waals surface area contributed by atoms with E-state index < -0.39 is 17.1 Å². The maximum atomic E-state index is 13.4. The number of carbonyl (C=O) groups is 3. The summed E-state index contributed by atoms with van der Waals surface area (Å²) in [5, 5.41) is 9.71. The van der Waals surface area contributed by atoms with Gasteiger partial charge in [0.1, 0.15) is 5.70 Å². The Labute approximate surface area is 252 Å². The summed E-state index contributed by atoms with van der Waals surface area (Å²) in [6.45, 7) is 1.82. The van der Waals surface area contributed by atoms with Crippen molar-refractivity contribution >= 4 is 69.4 Å². The summed E-state index contributed by atoms with van der Waals surface area (Å²) in [7, 11) is 0. The predicted molar refractivity (Wildman–Crippen MR) is 171 cm³/mol. The zero-order valence-electron chi connectivity index (χ0n) is 22.6. The van der Waals surface area contributed by atoms with E-state index in [0.717, 1.165) is 15.8 Å². The molecule has 0 fully saturated rings. The average Bonchev–Trinajstić information content (AvgIpc) is 3.45. The van der Waals surface area contributed by atoms with Crippen LogP contribution in [-0.4, -0.2) is 28.0 Å². The second-order valence-corrected chi connectivity index (χ2v) is 11.3. The lowest BCUT2D eigenvalue weighted by Crippen LogP contribution is -2.30. The van der Waals surface area contributed by atoms with Crippen molar-refractivity contribution in [3.05, 3.63) is 131 Å². The van der Waals surface area contributed by atoms with Crippen molar-refractivity contribution < 1.29 is 14.4 Å². The zero-order chi connectivity index (χ0) is 29.5. The molecular formula is C33H27ClN4O3S. The molecule has 42 heavy (non-hydrogen) atoms. The standard InChI is InChI=1S/C33H27ClN4O3S/c1-21(31(39)36-27-14-13-23-15-16-35-29(23)20-27)42-28-12-6-11-26(19-28)37-33(41)30(18-22-7-5-10-25(34)17-22)38-32(40)24-8-3-2-4-9-24/h2-21,35H,1H3,(H,36,39)(H,37,41)(H,38,40)/b30-18-. The molecule has 1 atom stereocenters. The Bertz CT molecular complexity index is 1780. The molecule has 0 spiro atoms. The lowest BCUT2D eigenvalue weighted by atomic mass is 10.1. The van der Waals surface area contributed by atoms with Gasteiger partial charge in [-0.1, -0.05) is 54.1 Å². The Morgan fingerprint density at radius 3 is 2.43 bits per heavy atom. The molecule has 4 N–H and O–H groups in total. The van der Waals surface area contributed by atoms with E-state index in [4.69, 9.17) is 11.6 Å². The molecule has 9 heteroatoms. The lowest BCUT2D eigenvalue weighted by Gasteiger charge is -2.14. The van der Waals surface area contributed by atoms with Crippen LogP contribution in [-0.2, 0) is 9.59 Å². The molecule has 5 aromatic rings. The highest BCUT2D eigenvalue weighted by molar-refractivity contribution is 8.00. The summed E-state index contributed by atoms with van der Waals surface area (Å²) in [5.41, 5.74) is 3.29. The van der Waals surface area contributed by atoms with E-state index >= 15 is 0 Å². The average molecular weight is 595 g/mol. The van der Waals surface area contributed by atoms with Gasteiger partial charge >= 0.3 is 0 Å². The summed E-state index contributed by atoms with van der Waals surface area (Å²) in [6.07, 6.45) is 3.42. The third-order valence-corrected chi connectivity index (χ3v) is 7.61. The van der Waals surface area contributed by atoms with Crippen LogP contribution in [0, 0.1) is 0 Å². The van der Waals surface area contributed by atoms with Crippen LogP contribution in [0.1, 0.15) is 22.8 Å². The first-order valence-electron chi connectivity index (χ1n) is 13.1. The molecule has 0 aliphatic carbocycles. The Balaban J connectivity index is 1.28. The second kappa shape index (κ2) is 13.2. The molecule has 7 nitrogen and oxygen atoms in total. The van der Waals surface area contributed by atoms with Crippen LogP contribution in [0.3, 0.4) is 0 Å². The molecule has 1 aromatic heterocycles. The Hall–Kier alpha value is -4.79. The fraction of sp³-hybridized carbons (Fsp3) is 0.0606. The largest absolute Gasteiger partial charge is 0.361 e. The van der Waals surface area contributed by atoms with E-state index in [1.165, 1.54) is 11.8 Å². The van der Waals surface area contributed by atoms with Gasteiger partial charge in [-0.15, -0.1) is 11.8 Å². The molecule has 1 unspecified atom stereocenters. The van der Waals surface area contributed by atoms with Crippen LogP contribution in [0.4, 0.5) is 11.4 Å². The summed E-state index contributed by atoms with van der Waals surface area (Å²) >= 11 is 7.50. The fourth-order valence-corrected chi connectivity index (χ4v) is 5.30. The smallest absolute Gasteiger partial charge is 0.272 e. The van der Waals surface area contributed by atoms with Gasteiger partial charge in [0.25, 0.3) is 11.8 Å². The van der Waals surface area contributed by atoms with Crippen molar-refractivity contribution in [1.29, 1.82) is 0 Å². The third-order valence-electron chi connectivity index (χ3n) is 6.29. The number of rotatable bonds is 9. The van der Waals surface area contributed by atoms with Gasteiger partial charge in [0.05, 0.1) is 5.25 Å². The molecule has 0 saturated carbocycles. The van der Waals surface area contributed by atoms with Gasteiger partial charge in [-0.05, 0) is 84.6 Å². The molecule has 0 saturated heterocycles. The number of H-pyrrole nitrogens is 1. The van der Waals surface area contributed by atoms with Crippen molar-refractivity contribution in [2.45, 2.75) is 17.1 Å². The minimum absolute atomic E-state index is 0.0518. The quantitative estimate of drug-likeness (QED) is 0.106. The summed E-state index contributed by atoms with van der Waals surface area (Å²) in [4.78, 5) is 43.1. The third kappa shape index (κ3) is 7.48. The van der Waals surface area contributed by atoms with Crippen molar-refractivity contribution in [2.24, 2.45) is 0 Å². The van der Waals surface area contributed by atoms with Crippen LogP contribution < -0.4 is 16.0 Å². The van der Waals surface area contributed by atoms with E-state index in [0.29, 0.717) is 27.5 Å². The normalized spacial score (nSPS) is 12.0. The molecule has 210 valence electrons. The number of amides is 3. The molecule has 4 aromatic carbocycles. The Morgan fingerprint density at radius 2 is 1.62 bits per heavy atom. The molecule has 3 amide bonds. The molecule has 5 rings (SSSR count). The molecule has 1 heterocycles. The zero-order valence-corrected chi connectivity index (χ0v) is 24.1. The van der Waals surface area contributed by atoms with Gasteiger partial charge in [-0.2, -0.15) is 0 Å². The molecule has 0 aliphatic heterocycles. The predicted octanol–water partition coefficient (Wildman–Crippen LogP) is 7.35. The number of carbonyl (C=O) groups excluding carboxylic acids is 3. The van der Waals surface area contributed by atoms with Crippen LogP contribution in [0.25, 0.3) is 17.0 Å². The van der Waals surface area contributed by atoms with Crippen LogP contribution in [0.15, 0.2) is 120 Å². The summed E-state index contributed by atoms with van der Waals surface area (Å²) < 4.78 is 0.